The summed E-state index contributed by atoms with van der Waals surface area (Å²) in [6, 6.07) is 15.9. The highest BCUT2D eigenvalue weighted by Crippen LogP contribution is 2.21. The van der Waals surface area contributed by atoms with Gasteiger partial charge in [0.1, 0.15) is 12.4 Å². The van der Waals surface area contributed by atoms with Gasteiger partial charge in [0.2, 0.25) is 0 Å². The van der Waals surface area contributed by atoms with E-state index < -0.39 is 0 Å². The minimum atomic E-state index is 0.629. The summed E-state index contributed by atoms with van der Waals surface area (Å²) in [5.74, 6) is 0.978. The number of ether oxygens (including phenoxy) is 1. The summed E-state index contributed by atoms with van der Waals surface area (Å²) in [6.07, 6.45) is 0. The summed E-state index contributed by atoms with van der Waals surface area (Å²) in [4.78, 5) is 0. The topological polar surface area (TPSA) is 45.0 Å². The van der Waals surface area contributed by atoms with Gasteiger partial charge in [-0.05, 0) is 42.7 Å². The quantitative estimate of drug-likeness (QED) is 0.825. The number of hydrogen-bond donors (Lipinski definition) is 1. The number of rotatable bonds is 6. The number of nitrogens with one attached hydrogen (secondary N) is 1. The molecule has 0 spiro atoms. The second-order valence-corrected chi connectivity index (χ2v) is 5.06. The predicted octanol–water partition coefficient (Wildman–Crippen LogP) is 3.34. The van der Waals surface area contributed by atoms with Crippen LogP contribution < -0.4 is 10.1 Å². The second-order valence-electron chi connectivity index (χ2n) is 5.06. The van der Waals surface area contributed by atoms with E-state index in [0.717, 1.165) is 35.5 Å². The summed E-state index contributed by atoms with van der Waals surface area (Å²) < 4.78 is 5.84. The first-order valence-electron chi connectivity index (χ1n) is 7.09. The molecular weight excluding hydrogens is 260 g/mol. The van der Waals surface area contributed by atoms with E-state index >= 15 is 0 Å². The van der Waals surface area contributed by atoms with Crippen molar-refractivity contribution in [2.24, 2.45) is 0 Å². The first kappa shape index (κ1) is 15.1. The van der Waals surface area contributed by atoms with Gasteiger partial charge >= 0.3 is 0 Å². The molecule has 0 radical (unpaired) electrons. The molecule has 0 aliphatic carbocycles. The van der Waals surface area contributed by atoms with Gasteiger partial charge in [0.25, 0.3) is 0 Å². The van der Waals surface area contributed by atoms with Crippen molar-refractivity contribution in [3.05, 3.63) is 64.7 Å². The van der Waals surface area contributed by atoms with Gasteiger partial charge in [0.05, 0.1) is 11.6 Å². The Morgan fingerprint density at radius 1 is 1.10 bits per heavy atom. The molecular formula is C18H20N2O. The molecule has 0 fully saturated rings. The third-order valence-electron chi connectivity index (χ3n) is 3.32. The third-order valence-corrected chi connectivity index (χ3v) is 3.32. The maximum Gasteiger partial charge on any atom is 0.125 e. The zero-order valence-electron chi connectivity index (χ0n) is 12.5. The molecule has 0 saturated carbocycles. The normalized spacial score (nSPS) is 10.1. The van der Waals surface area contributed by atoms with Crippen LogP contribution in [-0.2, 0) is 6.54 Å². The van der Waals surface area contributed by atoms with Crippen molar-refractivity contribution >= 4 is 0 Å². The van der Waals surface area contributed by atoms with Crippen molar-refractivity contribution in [1.29, 1.82) is 5.26 Å². The van der Waals surface area contributed by atoms with E-state index in [2.05, 4.69) is 37.4 Å². The highest BCUT2D eigenvalue weighted by molar-refractivity contribution is 5.39. The van der Waals surface area contributed by atoms with Gasteiger partial charge in [-0.2, -0.15) is 5.26 Å². The second kappa shape index (κ2) is 7.47. The van der Waals surface area contributed by atoms with E-state index in [0.29, 0.717) is 12.2 Å². The van der Waals surface area contributed by atoms with E-state index in [1.807, 2.05) is 30.3 Å². The zero-order valence-corrected chi connectivity index (χ0v) is 12.5. The predicted molar refractivity (Wildman–Crippen MR) is 84.3 cm³/mol. The Hall–Kier alpha value is -2.31. The summed E-state index contributed by atoms with van der Waals surface area (Å²) in [6.45, 7) is 6.26. The van der Waals surface area contributed by atoms with Gasteiger partial charge in [-0.15, -0.1) is 0 Å². The Balaban J connectivity index is 1.76. The van der Waals surface area contributed by atoms with Crippen molar-refractivity contribution in [2.75, 3.05) is 13.2 Å². The van der Waals surface area contributed by atoms with Crippen LogP contribution in [0, 0.1) is 25.2 Å². The molecule has 2 aromatic rings. The van der Waals surface area contributed by atoms with E-state index in [1.54, 1.807) is 0 Å². The van der Waals surface area contributed by atoms with Crippen LogP contribution in [0.3, 0.4) is 0 Å². The molecule has 3 nitrogen and oxygen atoms in total. The third kappa shape index (κ3) is 4.34. The molecule has 0 bridgehead atoms. The minimum absolute atomic E-state index is 0.629. The number of hydrogen-bond acceptors (Lipinski definition) is 3. The van der Waals surface area contributed by atoms with Crippen LogP contribution in [-0.4, -0.2) is 13.2 Å². The lowest BCUT2D eigenvalue weighted by atomic mass is 10.1. The fraction of sp³-hybridized carbons (Fsp3) is 0.278. The molecule has 0 amide bonds. The molecule has 108 valence electrons. The maximum absolute atomic E-state index is 8.86. The van der Waals surface area contributed by atoms with Crippen LogP contribution in [0.25, 0.3) is 0 Å². The number of nitriles is 1. The van der Waals surface area contributed by atoms with Crippen LogP contribution in [0.5, 0.6) is 5.75 Å². The average molecular weight is 280 g/mol. The first-order chi connectivity index (χ1) is 10.2. The molecule has 0 aromatic heterocycles. The monoisotopic (exact) mass is 280 g/mol. The van der Waals surface area contributed by atoms with Crippen molar-refractivity contribution < 1.29 is 4.74 Å². The highest BCUT2D eigenvalue weighted by atomic mass is 16.5. The Kier molecular flexibility index (Phi) is 5.36. The average Bonchev–Trinajstić information content (AvgIpc) is 2.50. The fourth-order valence-corrected chi connectivity index (χ4v) is 2.24. The summed E-state index contributed by atoms with van der Waals surface area (Å²) in [5, 5.41) is 12.2. The molecule has 3 heteroatoms. The molecule has 1 N–H and O–H groups in total. The molecule has 21 heavy (non-hydrogen) atoms. The fourth-order valence-electron chi connectivity index (χ4n) is 2.24. The maximum atomic E-state index is 8.86. The van der Waals surface area contributed by atoms with Gasteiger partial charge in [0.15, 0.2) is 0 Å². The van der Waals surface area contributed by atoms with Gasteiger partial charge in [-0.3, -0.25) is 0 Å². The van der Waals surface area contributed by atoms with Gasteiger partial charge in [0, 0.05) is 13.1 Å². The molecule has 0 unspecified atom stereocenters. The SMILES string of the molecule is Cc1cccc(C)c1OCCNCc1cccc(C#N)c1. The van der Waals surface area contributed by atoms with Crippen molar-refractivity contribution in [2.45, 2.75) is 20.4 Å². The van der Waals surface area contributed by atoms with E-state index in [4.69, 9.17) is 10.00 Å². The Bertz CT molecular complexity index is 624. The van der Waals surface area contributed by atoms with Crippen molar-refractivity contribution in [1.82, 2.24) is 5.32 Å². The van der Waals surface area contributed by atoms with Gasteiger partial charge < -0.3 is 10.1 Å². The van der Waals surface area contributed by atoms with E-state index in [1.165, 1.54) is 0 Å². The smallest absolute Gasteiger partial charge is 0.125 e. The number of para-hydroxylation sites is 1. The molecule has 2 rings (SSSR count). The lowest BCUT2D eigenvalue weighted by Crippen LogP contribution is -2.21. The van der Waals surface area contributed by atoms with Crippen LogP contribution in [0.4, 0.5) is 0 Å². The highest BCUT2D eigenvalue weighted by Gasteiger charge is 2.02. The first-order valence-corrected chi connectivity index (χ1v) is 7.09. The van der Waals surface area contributed by atoms with Gasteiger partial charge in [-0.1, -0.05) is 30.3 Å². The number of nitrogens with zero attached hydrogens (tertiary/aromatic N) is 1. The summed E-state index contributed by atoms with van der Waals surface area (Å²) in [5.41, 5.74) is 4.13. The van der Waals surface area contributed by atoms with Crippen molar-refractivity contribution in [3.8, 4) is 11.8 Å². The van der Waals surface area contributed by atoms with Crippen LogP contribution in [0.1, 0.15) is 22.3 Å². The van der Waals surface area contributed by atoms with Crippen LogP contribution in [0.15, 0.2) is 42.5 Å². The number of benzene rings is 2. The standard InChI is InChI=1S/C18H20N2O/c1-14-5-3-6-15(2)18(14)21-10-9-20-13-17-8-4-7-16(11-17)12-19/h3-8,11,20H,9-10,13H2,1-2H3. The Morgan fingerprint density at radius 3 is 2.52 bits per heavy atom. The lowest BCUT2D eigenvalue weighted by molar-refractivity contribution is 0.309. The van der Waals surface area contributed by atoms with E-state index in [-0.39, 0.29) is 0 Å². The Labute approximate surface area is 126 Å². The molecule has 0 aliphatic rings. The van der Waals surface area contributed by atoms with Gasteiger partial charge in [-0.25, -0.2) is 0 Å². The minimum Gasteiger partial charge on any atom is -0.492 e. The van der Waals surface area contributed by atoms with Crippen molar-refractivity contribution in [3.63, 3.8) is 0 Å². The largest absolute Gasteiger partial charge is 0.492 e. The molecule has 0 heterocycles. The summed E-state index contributed by atoms with van der Waals surface area (Å²) in [7, 11) is 0. The molecule has 0 aliphatic heterocycles. The Morgan fingerprint density at radius 2 is 1.81 bits per heavy atom. The lowest BCUT2D eigenvalue weighted by Gasteiger charge is -2.12. The van der Waals surface area contributed by atoms with Crippen LogP contribution in [0.2, 0.25) is 0 Å². The number of aryl methyl sites for hydroxylation is 2. The molecule has 2 aromatic carbocycles. The summed E-state index contributed by atoms with van der Waals surface area (Å²) >= 11 is 0. The molecule has 0 atom stereocenters. The van der Waals surface area contributed by atoms with Crippen LogP contribution >= 0.6 is 0 Å². The molecule has 0 saturated heterocycles. The van der Waals surface area contributed by atoms with E-state index in [9.17, 15) is 0 Å². The zero-order chi connectivity index (χ0) is 15.1.